The van der Waals surface area contributed by atoms with Crippen molar-refractivity contribution >= 4 is 39.1 Å². The van der Waals surface area contributed by atoms with E-state index in [4.69, 9.17) is 42.1 Å². The van der Waals surface area contributed by atoms with Crippen molar-refractivity contribution in [2.24, 2.45) is 0 Å². The lowest BCUT2D eigenvalue weighted by Crippen LogP contribution is -2.36. The van der Waals surface area contributed by atoms with Crippen molar-refractivity contribution in [2.45, 2.75) is 63.6 Å². The lowest BCUT2D eigenvalue weighted by Gasteiger charge is -2.26. The Morgan fingerprint density at radius 2 is 1.19 bits per heavy atom. The van der Waals surface area contributed by atoms with E-state index in [1.807, 2.05) is 48.5 Å². The van der Waals surface area contributed by atoms with Crippen molar-refractivity contribution in [3.05, 3.63) is 119 Å². The van der Waals surface area contributed by atoms with E-state index in [-0.39, 0.29) is 22.8 Å². The van der Waals surface area contributed by atoms with Gasteiger partial charge in [-0.3, -0.25) is 4.90 Å². The topological polar surface area (TPSA) is 52.2 Å². The summed E-state index contributed by atoms with van der Waals surface area (Å²) in [6.07, 6.45) is 5.97. The molecule has 0 radical (unpaired) electrons. The predicted molar refractivity (Wildman–Crippen MR) is 216 cm³/mol. The van der Waals surface area contributed by atoms with Crippen LogP contribution < -0.4 is 24.3 Å². The van der Waals surface area contributed by atoms with Gasteiger partial charge in [0.1, 0.15) is 22.7 Å². The number of hydrogen-bond donors (Lipinski definition) is 1. The number of rotatable bonds is 15. The molecule has 0 aromatic heterocycles. The van der Waals surface area contributed by atoms with Crippen LogP contribution in [0.4, 0.5) is 8.78 Å². The smallest absolute Gasteiger partial charge is 0.165 e. The molecule has 2 atom stereocenters. The van der Waals surface area contributed by atoms with Gasteiger partial charge in [0.15, 0.2) is 23.1 Å². The third-order valence-corrected chi connectivity index (χ3v) is 9.85. The van der Waals surface area contributed by atoms with Crippen LogP contribution in [0.1, 0.15) is 52.4 Å². The molecule has 4 aromatic rings. The number of ether oxygens (including phenoxy) is 4. The lowest BCUT2D eigenvalue weighted by molar-refractivity contribution is 0.0956. The average Bonchev–Trinajstić information content (AvgIpc) is 3.75. The molecule has 6 rings (SSSR count). The highest BCUT2D eigenvalue weighted by Gasteiger charge is 2.35. The van der Waals surface area contributed by atoms with E-state index in [0.29, 0.717) is 29.7 Å². The van der Waals surface area contributed by atoms with E-state index in [9.17, 15) is 8.78 Å². The zero-order valence-electron chi connectivity index (χ0n) is 30.6. The normalized spacial score (nSPS) is 19.4. The zero-order valence-corrected chi connectivity index (χ0v) is 33.7. The predicted octanol–water partition coefficient (Wildman–Crippen LogP) is 11.0. The summed E-state index contributed by atoms with van der Waals surface area (Å²) < 4.78 is 49.3. The van der Waals surface area contributed by atoms with E-state index in [0.717, 1.165) is 93.1 Å². The van der Waals surface area contributed by atoms with Crippen LogP contribution in [0.3, 0.4) is 0 Å². The summed E-state index contributed by atoms with van der Waals surface area (Å²) in [7, 11) is 0. The van der Waals surface area contributed by atoms with E-state index in [2.05, 4.69) is 40.0 Å². The summed E-state index contributed by atoms with van der Waals surface area (Å²) in [6, 6.07) is 28.0. The summed E-state index contributed by atoms with van der Waals surface area (Å²) >= 11 is 15.0. The third-order valence-electron chi connectivity index (χ3n) is 8.79. The molecule has 2 saturated heterocycles. The number of hydrogen-bond acceptors (Lipinski definition) is 6. The van der Waals surface area contributed by atoms with Gasteiger partial charge in [-0.15, -0.1) is 0 Å². The molecule has 0 bridgehead atoms. The highest BCUT2D eigenvalue weighted by molar-refractivity contribution is 9.09. The Morgan fingerprint density at radius 3 is 1.68 bits per heavy atom. The summed E-state index contributed by atoms with van der Waals surface area (Å²) in [5.41, 5.74) is -0.231. The fourth-order valence-electron chi connectivity index (χ4n) is 5.88. The number of para-hydroxylation sites is 2. The van der Waals surface area contributed by atoms with Crippen molar-refractivity contribution in [3.8, 4) is 23.0 Å². The van der Waals surface area contributed by atoms with Crippen LogP contribution in [0.2, 0.25) is 10.0 Å². The number of likely N-dealkylation sites (tertiary alicyclic amines) is 1. The van der Waals surface area contributed by atoms with E-state index in [1.54, 1.807) is 36.4 Å². The fourth-order valence-corrected chi connectivity index (χ4v) is 6.53. The molecule has 0 saturated carbocycles. The number of halogens is 5. The summed E-state index contributed by atoms with van der Waals surface area (Å²) in [6.45, 7) is 10.3. The molecular weight excluding hydrogens is 785 g/mol. The van der Waals surface area contributed by atoms with E-state index in [1.165, 1.54) is 12.1 Å². The summed E-state index contributed by atoms with van der Waals surface area (Å²) in [5, 5.41) is 5.72. The molecule has 0 amide bonds. The molecule has 2 fully saturated rings. The highest BCUT2D eigenvalue weighted by atomic mass is 79.9. The second kappa shape index (κ2) is 22.3. The molecule has 11 heteroatoms. The van der Waals surface area contributed by atoms with Crippen molar-refractivity contribution in [1.29, 1.82) is 0 Å². The molecule has 1 N–H and O–H groups in total. The second-order valence-electron chi connectivity index (χ2n) is 13.6. The van der Waals surface area contributed by atoms with Gasteiger partial charge in [0, 0.05) is 47.9 Å². The number of nitrogens with zero attached hydrogens (tertiary/aromatic N) is 1. The Labute approximate surface area is 332 Å². The lowest BCUT2D eigenvalue weighted by atomic mass is 10.1. The van der Waals surface area contributed by atoms with Crippen LogP contribution in [0.25, 0.3) is 0 Å². The molecule has 0 aliphatic carbocycles. The largest absolute Gasteiger partial charge is 0.491 e. The fraction of sp³-hybridized carbons (Fsp3) is 0.429. The Morgan fingerprint density at radius 1 is 0.679 bits per heavy atom. The van der Waals surface area contributed by atoms with E-state index < -0.39 is 0 Å². The van der Waals surface area contributed by atoms with Gasteiger partial charge in [-0.25, -0.2) is 8.78 Å². The van der Waals surface area contributed by atoms with Gasteiger partial charge < -0.3 is 24.3 Å². The zero-order chi connectivity index (χ0) is 37.9. The Bertz CT molecular complexity index is 1630. The Hall–Kier alpha value is -3.08. The number of unbranched alkanes of at least 4 members (excludes halogenated alkanes) is 2. The van der Waals surface area contributed by atoms with Crippen molar-refractivity contribution in [2.75, 3.05) is 51.3 Å². The number of nitrogens with one attached hydrogen (secondary N) is 1. The quantitative estimate of drug-likeness (QED) is 0.0951. The minimum atomic E-state index is -0.304. The molecule has 2 heterocycles. The van der Waals surface area contributed by atoms with Crippen LogP contribution in [-0.2, 0) is 0 Å². The van der Waals surface area contributed by atoms with Gasteiger partial charge >= 0.3 is 0 Å². The summed E-state index contributed by atoms with van der Waals surface area (Å²) in [4.78, 5) is 2.42. The monoisotopic (exact) mass is 834 g/mol. The molecule has 288 valence electrons. The SMILES string of the molecule is CC1(Oc2ccc(Cl)cc2)CCN(CCCCOc2ccccc2F)C1.CC1(Oc2ccc(Cl)cc2)CCNC1.Fc1ccccc1OCCCCBr. The molecule has 2 aliphatic heterocycles. The van der Waals surface area contributed by atoms with Crippen molar-refractivity contribution in [3.63, 3.8) is 0 Å². The van der Waals surface area contributed by atoms with Crippen LogP contribution in [0, 0.1) is 11.6 Å². The maximum Gasteiger partial charge on any atom is 0.165 e. The molecular formula is C42H51BrCl2F2N2O4. The minimum absolute atomic E-state index is 0.0617. The minimum Gasteiger partial charge on any atom is -0.491 e. The van der Waals surface area contributed by atoms with Gasteiger partial charge in [0.25, 0.3) is 0 Å². The number of alkyl halides is 1. The van der Waals surface area contributed by atoms with Crippen LogP contribution in [0.5, 0.6) is 23.0 Å². The standard InChI is InChI=1S/C21H25ClFNO2.C11H14ClNO.C10H12BrFO/c1-21(26-18-10-8-17(22)9-11-18)12-14-24(16-21)13-4-5-15-25-20-7-3-2-6-19(20)23;1-11(6-7-13-8-11)14-10-4-2-9(12)3-5-10;11-7-3-4-8-13-10-6-2-1-5-9(10)12/h2-3,6-11H,4-5,12-16H2,1H3;2-5,13H,6-8H2,1H3;1-2,5-6H,3-4,7-8H2. The molecule has 2 unspecified atom stereocenters. The third kappa shape index (κ3) is 15.7. The van der Waals surface area contributed by atoms with Crippen LogP contribution in [0.15, 0.2) is 97.1 Å². The van der Waals surface area contributed by atoms with Gasteiger partial charge in [-0.05, 0) is 125 Å². The van der Waals surface area contributed by atoms with Gasteiger partial charge in [0.2, 0.25) is 0 Å². The second-order valence-corrected chi connectivity index (χ2v) is 15.3. The Balaban J connectivity index is 0.000000196. The maximum absolute atomic E-state index is 13.5. The molecule has 6 nitrogen and oxygen atoms in total. The highest BCUT2D eigenvalue weighted by Crippen LogP contribution is 2.29. The average molecular weight is 837 g/mol. The molecule has 53 heavy (non-hydrogen) atoms. The van der Waals surface area contributed by atoms with Crippen LogP contribution in [-0.4, -0.2) is 67.4 Å². The molecule has 4 aromatic carbocycles. The first-order valence-electron chi connectivity index (χ1n) is 18.2. The van der Waals surface area contributed by atoms with Crippen LogP contribution >= 0.6 is 39.1 Å². The maximum atomic E-state index is 13.5. The van der Waals surface area contributed by atoms with Crippen molar-refractivity contribution < 1.29 is 27.7 Å². The molecule has 2 aliphatic rings. The molecule has 0 spiro atoms. The first kappa shape index (κ1) is 42.7. The summed E-state index contributed by atoms with van der Waals surface area (Å²) in [5.74, 6) is 1.83. The first-order chi connectivity index (χ1) is 25.6. The van der Waals surface area contributed by atoms with E-state index >= 15 is 0 Å². The van der Waals surface area contributed by atoms with Gasteiger partial charge in [-0.1, -0.05) is 63.4 Å². The Kier molecular flexibility index (Phi) is 18.0. The van der Waals surface area contributed by atoms with Gasteiger partial charge in [-0.2, -0.15) is 0 Å². The first-order valence-corrected chi connectivity index (χ1v) is 20.1. The number of benzene rings is 4. The van der Waals surface area contributed by atoms with Gasteiger partial charge in [0.05, 0.1) is 13.2 Å². The van der Waals surface area contributed by atoms with Crippen molar-refractivity contribution in [1.82, 2.24) is 10.2 Å².